The molecule has 2 fully saturated rings. The van der Waals surface area contributed by atoms with Crippen LogP contribution in [0.5, 0.6) is 0 Å². The van der Waals surface area contributed by atoms with Crippen LogP contribution < -0.4 is 5.32 Å². The smallest absolute Gasteiger partial charge is 0.259 e. The van der Waals surface area contributed by atoms with Crippen LogP contribution in [0.25, 0.3) is 0 Å². The quantitative estimate of drug-likeness (QED) is 0.214. The van der Waals surface area contributed by atoms with E-state index in [4.69, 9.17) is 0 Å². The molecule has 1 saturated carbocycles. The Bertz CT molecular complexity index is 834. The summed E-state index contributed by atoms with van der Waals surface area (Å²) in [7, 11) is 0. The van der Waals surface area contributed by atoms with Gasteiger partial charge in [0.05, 0.1) is 6.10 Å². The van der Waals surface area contributed by atoms with Crippen molar-refractivity contribution in [2.75, 3.05) is 0 Å². The number of carbonyl (C=O) groups excluding carboxylic acids is 2. The lowest BCUT2D eigenvalue weighted by molar-refractivity contribution is -0.118. The first-order valence-corrected chi connectivity index (χ1v) is 11.1. The van der Waals surface area contributed by atoms with E-state index in [1.807, 2.05) is 32.1 Å². The van der Waals surface area contributed by atoms with Gasteiger partial charge in [0.15, 0.2) is 5.78 Å². The fraction of sp³-hybridized carbons (Fsp3) is 0.600. The predicted octanol–water partition coefficient (Wildman–Crippen LogP) is 4.01. The van der Waals surface area contributed by atoms with Crippen molar-refractivity contribution in [3.05, 3.63) is 47.3 Å². The van der Waals surface area contributed by atoms with E-state index >= 15 is 0 Å². The van der Waals surface area contributed by atoms with Gasteiger partial charge >= 0.3 is 0 Å². The van der Waals surface area contributed by atoms with Crippen LogP contribution in [-0.2, 0) is 9.59 Å². The van der Waals surface area contributed by atoms with E-state index < -0.39 is 29.3 Å². The summed E-state index contributed by atoms with van der Waals surface area (Å²) in [6, 6.07) is -1.00. The molecule has 7 atom stereocenters. The Morgan fingerprint density at radius 3 is 2.60 bits per heavy atom. The van der Waals surface area contributed by atoms with Crippen molar-refractivity contribution in [2.24, 2.45) is 29.1 Å². The highest BCUT2D eigenvalue weighted by Gasteiger charge is 2.54. The number of ketones is 1. The second kappa shape index (κ2) is 8.54. The molecule has 3 N–H and O–H groups in total. The third-order valence-corrected chi connectivity index (χ3v) is 7.42. The zero-order valence-corrected chi connectivity index (χ0v) is 18.7. The number of rotatable bonds is 4. The molecule has 0 aromatic rings. The van der Waals surface area contributed by atoms with E-state index in [-0.39, 0.29) is 23.2 Å². The van der Waals surface area contributed by atoms with E-state index in [1.54, 1.807) is 0 Å². The summed E-state index contributed by atoms with van der Waals surface area (Å²) in [4.78, 5) is 25.6. The topological polar surface area (TPSA) is 86.6 Å². The van der Waals surface area contributed by atoms with Gasteiger partial charge in [0, 0.05) is 11.3 Å². The molecule has 0 aromatic carbocycles. The van der Waals surface area contributed by atoms with Crippen molar-refractivity contribution < 1.29 is 19.8 Å². The molecule has 5 heteroatoms. The van der Waals surface area contributed by atoms with Crippen LogP contribution in [0.3, 0.4) is 0 Å². The van der Waals surface area contributed by atoms with Crippen molar-refractivity contribution in [2.45, 2.75) is 66.0 Å². The van der Waals surface area contributed by atoms with Gasteiger partial charge < -0.3 is 15.5 Å². The fourth-order valence-corrected chi connectivity index (χ4v) is 5.84. The first-order valence-electron chi connectivity index (χ1n) is 11.1. The molecule has 164 valence electrons. The first kappa shape index (κ1) is 22.5. The largest absolute Gasteiger partial charge is 0.511 e. The van der Waals surface area contributed by atoms with Crippen LogP contribution in [-0.4, -0.2) is 34.0 Å². The van der Waals surface area contributed by atoms with Crippen molar-refractivity contribution in [1.82, 2.24) is 5.32 Å². The van der Waals surface area contributed by atoms with Gasteiger partial charge in [0.25, 0.3) is 5.91 Å². The summed E-state index contributed by atoms with van der Waals surface area (Å²) >= 11 is 0. The molecular formula is C25H35NO4. The maximum absolute atomic E-state index is 12.9. The highest BCUT2D eigenvalue weighted by molar-refractivity contribution is 6.27. The molecule has 1 saturated heterocycles. The van der Waals surface area contributed by atoms with Crippen LogP contribution in [0.15, 0.2) is 47.3 Å². The molecule has 0 bridgehead atoms. The number of amides is 1. The van der Waals surface area contributed by atoms with Gasteiger partial charge in [-0.25, -0.2) is 0 Å². The maximum atomic E-state index is 12.9. The molecular weight excluding hydrogens is 378 g/mol. The molecule has 3 rings (SSSR count). The summed E-state index contributed by atoms with van der Waals surface area (Å²) in [5, 5.41) is 24.0. The van der Waals surface area contributed by atoms with Crippen molar-refractivity contribution >= 4 is 11.7 Å². The van der Waals surface area contributed by atoms with Crippen molar-refractivity contribution in [3.8, 4) is 0 Å². The summed E-state index contributed by atoms with van der Waals surface area (Å²) in [6.07, 6.45) is 12.3. The molecule has 0 aromatic heterocycles. The van der Waals surface area contributed by atoms with Crippen LogP contribution in [0.2, 0.25) is 0 Å². The average molecular weight is 414 g/mol. The zero-order chi connectivity index (χ0) is 22.2. The third-order valence-electron chi connectivity index (χ3n) is 7.42. The highest BCUT2D eigenvalue weighted by Crippen LogP contribution is 2.57. The van der Waals surface area contributed by atoms with Gasteiger partial charge in [-0.3, -0.25) is 9.59 Å². The number of hydrogen-bond acceptors (Lipinski definition) is 4. The van der Waals surface area contributed by atoms with Crippen LogP contribution in [0.1, 0.15) is 53.9 Å². The summed E-state index contributed by atoms with van der Waals surface area (Å²) < 4.78 is 0. The van der Waals surface area contributed by atoms with Crippen molar-refractivity contribution in [3.63, 3.8) is 0 Å². The lowest BCUT2D eigenvalue weighted by Crippen LogP contribution is -2.46. The van der Waals surface area contributed by atoms with Gasteiger partial charge in [-0.05, 0) is 51.4 Å². The summed E-state index contributed by atoms with van der Waals surface area (Å²) in [5.41, 5.74) is 0.205. The molecule has 2 aliphatic carbocycles. The molecule has 1 aliphatic heterocycles. The highest BCUT2D eigenvalue weighted by atomic mass is 16.3. The lowest BCUT2D eigenvalue weighted by Gasteiger charge is -2.52. The van der Waals surface area contributed by atoms with Gasteiger partial charge in [-0.2, -0.15) is 0 Å². The minimum absolute atomic E-state index is 0.123. The zero-order valence-electron chi connectivity index (χ0n) is 18.7. The number of fused-ring (bicyclic) bond motifs is 1. The molecule has 1 heterocycles. The monoisotopic (exact) mass is 413 g/mol. The number of carbonyl (C=O) groups is 2. The molecule has 2 unspecified atom stereocenters. The number of Topliss-reactive ketones (excluding diaryl/α,β-unsaturated/α-hetero) is 1. The predicted molar refractivity (Wildman–Crippen MR) is 118 cm³/mol. The Kier molecular flexibility index (Phi) is 6.42. The number of nitrogens with one attached hydrogen (secondary N) is 1. The second-order valence-electron chi connectivity index (χ2n) is 9.55. The van der Waals surface area contributed by atoms with Gasteiger partial charge in [0.2, 0.25) is 0 Å². The van der Waals surface area contributed by atoms with E-state index in [1.165, 1.54) is 6.92 Å². The van der Waals surface area contributed by atoms with Crippen LogP contribution >= 0.6 is 0 Å². The minimum Gasteiger partial charge on any atom is -0.511 e. The fourth-order valence-electron chi connectivity index (χ4n) is 5.84. The second-order valence-corrected chi connectivity index (χ2v) is 9.55. The molecule has 1 amide bonds. The Morgan fingerprint density at radius 1 is 1.30 bits per heavy atom. The molecule has 0 radical (unpaired) electrons. The van der Waals surface area contributed by atoms with E-state index in [2.05, 4.69) is 31.3 Å². The Morgan fingerprint density at radius 2 is 2.00 bits per heavy atom. The summed E-state index contributed by atoms with van der Waals surface area (Å²) in [5.74, 6) is -0.300. The maximum Gasteiger partial charge on any atom is 0.259 e. The van der Waals surface area contributed by atoms with E-state index in [0.29, 0.717) is 11.8 Å². The molecule has 3 aliphatic rings. The van der Waals surface area contributed by atoms with E-state index in [9.17, 15) is 19.8 Å². The molecule has 0 spiro atoms. The number of aliphatic hydroxyl groups is 2. The Hall–Kier alpha value is -2.14. The van der Waals surface area contributed by atoms with Crippen molar-refractivity contribution in [1.29, 1.82) is 0 Å². The lowest BCUT2D eigenvalue weighted by atomic mass is 9.52. The number of hydrogen-bond donors (Lipinski definition) is 3. The van der Waals surface area contributed by atoms with E-state index in [0.717, 1.165) is 24.8 Å². The normalized spacial score (nSPS) is 39.8. The molecule has 30 heavy (non-hydrogen) atoms. The van der Waals surface area contributed by atoms with Gasteiger partial charge in [0.1, 0.15) is 17.4 Å². The standard InChI is InChI=1S/C25H35NO4/c1-6-7-8-9-18-15(3)13-17-12-14(2)10-11-19(17)25(18,5)23(29)20-22(28)21(16(4)27)26-24(20)30/h6-9,13-14,16-19,21,27,29H,10-12H2,1-5H3,(H,26,30)/b7-6+,9-8+,23-20+/t14-,16?,17+,18-,19-,21?,25-/m0/s1. The Labute approximate surface area is 179 Å². The summed E-state index contributed by atoms with van der Waals surface area (Å²) in [6.45, 7) is 9.75. The SMILES string of the molecule is C/C=C/C=C/[C@H]1C(C)=C[C@H]2C[C@@H](C)CC[C@@H]2[C@@]1(C)/C(O)=C1\C(=O)NC(C(C)O)C1=O. The minimum atomic E-state index is -1.01. The first-order chi connectivity index (χ1) is 14.1. The van der Waals surface area contributed by atoms with Crippen LogP contribution in [0, 0.1) is 29.1 Å². The number of aliphatic hydroxyl groups excluding tert-OH is 2. The van der Waals surface area contributed by atoms with Crippen LogP contribution in [0.4, 0.5) is 0 Å². The molecule has 5 nitrogen and oxygen atoms in total. The number of allylic oxidation sites excluding steroid dienone is 7. The van der Waals surface area contributed by atoms with Gasteiger partial charge in [-0.15, -0.1) is 0 Å². The van der Waals surface area contributed by atoms with Gasteiger partial charge in [-0.1, -0.05) is 56.2 Å². The third kappa shape index (κ3) is 3.68. The Balaban J connectivity index is 2.16. The average Bonchev–Trinajstić information content (AvgIpc) is 2.97.